The number of benzene rings is 1. The van der Waals surface area contributed by atoms with E-state index in [4.69, 9.17) is 5.11 Å². The second-order valence-corrected chi connectivity index (χ2v) is 5.01. The zero-order valence-corrected chi connectivity index (χ0v) is 12.1. The molecule has 1 N–H and O–H groups in total. The van der Waals surface area contributed by atoms with Crippen molar-refractivity contribution >= 4 is 22.9 Å². The molecule has 0 radical (unpaired) electrons. The zero-order chi connectivity index (χ0) is 15.9. The van der Waals surface area contributed by atoms with Crippen LogP contribution in [0.4, 0.5) is 4.39 Å². The summed E-state index contributed by atoms with van der Waals surface area (Å²) in [6, 6.07) is 6.44. The maximum absolute atomic E-state index is 13.5. The normalized spacial score (nSPS) is 11.6. The van der Waals surface area contributed by atoms with Crippen molar-refractivity contribution < 1.29 is 14.3 Å². The molecule has 2 aromatic heterocycles. The second-order valence-electron chi connectivity index (χ2n) is 5.01. The fourth-order valence-corrected chi connectivity index (χ4v) is 2.58. The first kappa shape index (κ1) is 14.1. The highest BCUT2D eigenvalue weighted by Gasteiger charge is 2.15. The Balaban J connectivity index is 2.26. The van der Waals surface area contributed by atoms with Crippen molar-refractivity contribution in [2.24, 2.45) is 7.05 Å². The number of fused-ring (bicyclic) bond motifs is 1. The molecule has 0 atom stereocenters. The molecule has 0 aliphatic carbocycles. The van der Waals surface area contributed by atoms with Crippen LogP contribution in [0, 0.1) is 12.7 Å². The third-order valence-electron chi connectivity index (χ3n) is 3.51. The molecule has 1 aromatic carbocycles. The van der Waals surface area contributed by atoms with E-state index in [2.05, 4.69) is 5.10 Å². The minimum Gasteiger partial charge on any atom is -0.478 e. The van der Waals surface area contributed by atoms with Gasteiger partial charge in [-0.1, -0.05) is 0 Å². The van der Waals surface area contributed by atoms with Crippen LogP contribution >= 0.6 is 0 Å². The van der Waals surface area contributed by atoms with Crippen LogP contribution < -0.4 is 0 Å². The van der Waals surface area contributed by atoms with Gasteiger partial charge in [0, 0.05) is 30.3 Å². The van der Waals surface area contributed by atoms with Crippen LogP contribution in [0.15, 0.2) is 36.5 Å². The third kappa shape index (κ3) is 2.28. The Morgan fingerprint density at radius 2 is 2.14 bits per heavy atom. The van der Waals surface area contributed by atoms with E-state index in [1.807, 2.05) is 12.3 Å². The first-order chi connectivity index (χ1) is 10.5. The number of carboxylic acids is 1. The molecule has 0 amide bonds. The van der Waals surface area contributed by atoms with Crippen LogP contribution in [0.1, 0.15) is 11.3 Å². The van der Waals surface area contributed by atoms with Gasteiger partial charge in [-0.2, -0.15) is 5.10 Å². The number of nitrogens with zero attached hydrogens (tertiary/aromatic N) is 3. The number of carbonyl (C=O) groups is 1. The highest BCUT2D eigenvalue weighted by atomic mass is 19.1. The summed E-state index contributed by atoms with van der Waals surface area (Å²) in [7, 11) is 1.77. The Labute approximate surface area is 125 Å². The molecule has 3 rings (SSSR count). The molecule has 3 aromatic rings. The van der Waals surface area contributed by atoms with Gasteiger partial charge < -0.3 is 9.67 Å². The summed E-state index contributed by atoms with van der Waals surface area (Å²) in [5.41, 5.74) is 2.09. The molecule has 5 nitrogen and oxygen atoms in total. The number of rotatable bonds is 3. The van der Waals surface area contributed by atoms with E-state index in [0.717, 1.165) is 11.5 Å². The van der Waals surface area contributed by atoms with Crippen molar-refractivity contribution in [2.75, 3.05) is 0 Å². The van der Waals surface area contributed by atoms with Crippen LogP contribution in [-0.2, 0) is 11.8 Å². The Morgan fingerprint density at radius 3 is 2.86 bits per heavy atom. The Bertz CT molecular complexity index is 906. The highest BCUT2D eigenvalue weighted by molar-refractivity contribution is 5.87. The molecular formula is C16H14FN3O2. The van der Waals surface area contributed by atoms with E-state index in [9.17, 15) is 9.18 Å². The molecule has 0 spiro atoms. The molecule has 112 valence electrons. The van der Waals surface area contributed by atoms with E-state index in [-0.39, 0.29) is 5.82 Å². The van der Waals surface area contributed by atoms with Gasteiger partial charge in [-0.05, 0) is 37.3 Å². The number of aromatic nitrogens is 3. The van der Waals surface area contributed by atoms with Crippen molar-refractivity contribution in [1.82, 2.24) is 14.3 Å². The first-order valence-electron chi connectivity index (χ1n) is 6.69. The first-order valence-corrected chi connectivity index (χ1v) is 6.69. The smallest absolute Gasteiger partial charge is 0.328 e. The zero-order valence-electron chi connectivity index (χ0n) is 12.1. The summed E-state index contributed by atoms with van der Waals surface area (Å²) in [6.45, 7) is 1.80. The SMILES string of the molecule is Cc1nn(C)c(-n2ccc3ccc(F)cc32)c1/C=C/C(=O)O. The molecule has 0 aliphatic heterocycles. The van der Waals surface area contributed by atoms with E-state index in [1.165, 1.54) is 18.2 Å². The Kier molecular flexibility index (Phi) is 3.29. The molecule has 6 heteroatoms. The summed E-state index contributed by atoms with van der Waals surface area (Å²) in [4.78, 5) is 10.8. The van der Waals surface area contributed by atoms with Gasteiger partial charge in [-0.25, -0.2) is 9.18 Å². The molecule has 0 unspecified atom stereocenters. The maximum atomic E-state index is 13.5. The second kappa shape index (κ2) is 5.14. The van der Waals surface area contributed by atoms with Gasteiger partial charge in [0.25, 0.3) is 0 Å². The van der Waals surface area contributed by atoms with Crippen LogP contribution in [-0.4, -0.2) is 25.4 Å². The van der Waals surface area contributed by atoms with E-state index < -0.39 is 5.97 Å². The van der Waals surface area contributed by atoms with Gasteiger partial charge in [-0.15, -0.1) is 0 Å². The van der Waals surface area contributed by atoms with Crippen molar-refractivity contribution in [3.8, 4) is 5.82 Å². The van der Waals surface area contributed by atoms with Crippen molar-refractivity contribution in [1.29, 1.82) is 0 Å². The lowest BCUT2D eigenvalue weighted by Gasteiger charge is -2.08. The number of halogens is 1. The summed E-state index contributed by atoms with van der Waals surface area (Å²) in [5.74, 6) is -0.665. The summed E-state index contributed by atoms with van der Waals surface area (Å²) in [6.07, 6.45) is 4.39. The van der Waals surface area contributed by atoms with Crippen molar-refractivity contribution in [3.05, 3.63) is 53.6 Å². The fourth-order valence-electron chi connectivity index (χ4n) is 2.58. The van der Waals surface area contributed by atoms with Crippen molar-refractivity contribution in [3.63, 3.8) is 0 Å². The molecule has 0 fully saturated rings. The monoisotopic (exact) mass is 299 g/mol. The molecule has 0 aliphatic rings. The standard InChI is InChI=1S/C16H14FN3O2/c1-10-13(5-6-15(21)22)16(19(2)18-10)20-8-7-11-3-4-12(17)9-14(11)20/h3-9H,1-2H3,(H,21,22)/b6-5+. The molecule has 0 saturated heterocycles. The van der Waals surface area contributed by atoms with Gasteiger partial charge in [0.2, 0.25) is 0 Å². The number of hydrogen-bond acceptors (Lipinski definition) is 2. The number of hydrogen-bond donors (Lipinski definition) is 1. The predicted octanol–water partition coefficient (Wildman–Crippen LogP) is 2.91. The van der Waals surface area contributed by atoms with E-state index >= 15 is 0 Å². The minimum atomic E-state index is -1.03. The van der Waals surface area contributed by atoms with Gasteiger partial charge >= 0.3 is 5.97 Å². The fraction of sp³-hybridized carbons (Fsp3) is 0.125. The largest absolute Gasteiger partial charge is 0.478 e. The van der Waals surface area contributed by atoms with Crippen LogP contribution in [0.25, 0.3) is 22.8 Å². The summed E-state index contributed by atoms with van der Waals surface area (Å²) in [5, 5.41) is 14.1. The topological polar surface area (TPSA) is 60.0 Å². The predicted molar refractivity (Wildman–Crippen MR) is 81.4 cm³/mol. The molecule has 0 bridgehead atoms. The summed E-state index contributed by atoms with van der Waals surface area (Å²) >= 11 is 0. The van der Waals surface area contributed by atoms with E-state index in [1.54, 1.807) is 29.3 Å². The lowest BCUT2D eigenvalue weighted by atomic mass is 10.2. The minimum absolute atomic E-state index is 0.325. The molecule has 0 saturated carbocycles. The lowest BCUT2D eigenvalue weighted by molar-refractivity contribution is -0.131. The average molecular weight is 299 g/mol. The van der Waals surface area contributed by atoms with Crippen LogP contribution in [0.5, 0.6) is 0 Å². The Hall–Kier alpha value is -2.89. The number of carboxylic acid groups (broad SMARTS) is 1. The summed E-state index contributed by atoms with van der Waals surface area (Å²) < 4.78 is 17.0. The quantitative estimate of drug-likeness (QED) is 0.756. The lowest BCUT2D eigenvalue weighted by Crippen LogP contribution is -2.03. The molecule has 2 heterocycles. The van der Waals surface area contributed by atoms with Crippen LogP contribution in [0.2, 0.25) is 0 Å². The highest BCUT2D eigenvalue weighted by Crippen LogP contribution is 2.26. The number of aliphatic carboxylic acids is 1. The van der Waals surface area contributed by atoms with Gasteiger partial charge in [0.05, 0.1) is 11.2 Å². The van der Waals surface area contributed by atoms with Gasteiger partial charge in [0.1, 0.15) is 11.6 Å². The van der Waals surface area contributed by atoms with E-state index in [0.29, 0.717) is 22.6 Å². The van der Waals surface area contributed by atoms with Gasteiger partial charge in [0.15, 0.2) is 0 Å². The van der Waals surface area contributed by atoms with Crippen LogP contribution in [0.3, 0.4) is 0 Å². The maximum Gasteiger partial charge on any atom is 0.328 e. The number of aryl methyl sites for hydroxylation is 2. The van der Waals surface area contributed by atoms with Gasteiger partial charge in [-0.3, -0.25) is 4.68 Å². The molecular weight excluding hydrogens is 285 g/mol. The average Bonchev–Trinajstić information content (AvgIpc) is 2.96. The van der Waals surface area contributed by atoms with Crippen molar-refractivity contribution in [2.45, 2.75) is 6.92 Å². The molecule has 22 heavy (non-hydrogen) atoms. The Morgan fingerprint density at radius 1 is 1.36 bits per heavy atom. The third-order valence-corrected chi connectivity index (χ3v) is 3.51.